The molecule has 2 heterocycles. The molecule has 0 N–H and O–H groups in total. The fourth-order valence-corrected chi connectivity index (χ4v) is 3.46. The number of hydrogen-bond acceptors (Lipinski definition) is 3. The molecule has 0 aromatic rings. The van der Waals surface area contributed by atoms with E-state index in [4.69, 9.17) is 9.47 Å². The van der Waals surface area contributed by atoms with Crippen molar-refractivity contribution in [3.8, 4) is 0 Å². The molecule has 1 saturated heterocycles. The molecule has 0 radical (unpaired) electrons. The Morgan fingerprint density at radius 1 is 1.33 bits per heavy atom. The van der Waals surface area contributed by atoms with Gasteiger partial charge in [-0.05, 0) is 52.9 Å². The van der Waals surface area contributed by atoms with Crippen molar-refractivity contribution in [3.05, 3.63) is 24.3 Å². The van der Waals surface area contributed by atoms with Gasteiger partial charge in [0, 0.05) is 0 Å². The van der Waals surface area contributed by atoms with Gasteiger partial charge in [-0.1, -0.05) is 30.6 Å². The number of ether oxygens (including phenoxy) is 2. The molecule has 136 valence electrons. The van der Waals surface area contributed by atoms with Crippen LogP contribution in [0.2, 0.25) is 0 Å². The van der Waals surface area contributed by atoms with Gasteiger partial charge in [0.1, 0.15) is 5.60 Å². The minimum atomic E-state index is -0.457. The van der Waals surface area contributed by atoms with Gasteiger partial charge in [0.25, 0.3) is 0 Å². The predicted molar refractivity (Wildman–Crippen MR) is 97.1 cm³/mol. The molecule has 0 aromatic carbocycles. The normalized spacial score (nSPS) is 23.6. The van der Waals surface area contributed by atoms with Crippen molar-refractivity contribution in [1.29, 1.82) is 0 Å². The second-order valence-corrected chi connectivity index (χ2v) is 7.92. The molecule has 4 heteroatoms. The Labute approximate surface area is 146 Å². The van der Waals surface area contributed by atoms with Crippen molar-refractivity contribution in [3.63, 3.8) is 0 Å². The van der Waals surface area contributed by atoms with Gasteiger partial charge in [-0.3, -0.25) is 4.90 Å². The Balaban J connectivity index is 1.87. The van der Waals surface area contributed by atoms with Gasteiger partial charge < -0.3 is 9.47 Å². The third kappa shape index (κ3) is 5.66. The summed E-state index contributed by atoms with van der Waals surface area (Å²) in [4.78, 5) is 14.4. The summed E-state index contributed by atoms with van der Waals surface area (Å²) in [5.41, 5.74) is 1.03. The van der Waals surface area contributed by atoms with Crippen LogP contribution in [0.5, 0.6) is 0 Å². The number of nitrogens with zero attached hydrogens (tertiary/aromatic N) is 1. The van der Waals surface area contributed by atoms with Crippen molar-refractivity contribution in [2.45, 2.75) is 83.4 Å². The molecule has 24 heavy (non-hydrogen) atoms. The highest BCUT2D eigenvalue weighted by atomic mass is 16.6. The molecular formula is C20H33NO3. The highest BCUT2D eigenvalue weighted by molar-refractivity contribution is 5.70. The lowest BCUT2D eigenvalue weighted by molar-refractivity contribution is -0.0538. The first-order valence-corrected chi connectivity index (χ1v) is 9.30. The van der Waals surface area contributed by atoms with Crippen LogP contribution in [-0.2, 0) is 9.47 Å². The molecule has 0 aromatic heterocycles. The Kier molecular flexibility index (Phi) is 6.90. The number of hydrogen-bond donors (Lipinski definition) is 0. The number of rotatable bonds is 7. The van der Waals surface area contributed by atoms with E-state index >= 15 is 0 Å². The molecule has 2 rings (SSSR count). The standard InChI is InChI=1S/C20H33NO3/c1-5-6-7-8-9-10-11-16-12-17-14-23-15-18(13-16)21(17)19(22)24-20(2,3)4/h5,12,17-18H,1,6-11,13-15H2,2-4H3. The van der Waals surface area contributed by atoms with Crippen molar-refractivity contribution >= 4 is 6.09 Å². The van der Waals surface area contributed by atoms with Gasteiger partial charge in [-0.2, -0.15) is 0 Å². The summed E-state index contributed by atoms with van der Waals surface area (Å²) in [5.74, 6) is 0. The summed E-state index contributed by atoms with van der Waals surface area (Å²) in [5, 5.41) is 0. The monoisotopic (exact) mass is 335 g/mol. The van der Waals surface area contributed by atoms with Crippen LogP contribution < -0.4 is 0 Å². The molecule has 2 aliphatic rings. The van der Waals surface area contributed by atoms with Crippen LogP contribution in [-0.4, -0.2) is 41.9 Å². The van der Waals surface area contributed by atoms with E-state index in [1.807, 2.05) is 31.7 Å². The fraction of sp³-hybridized carbons (Fsp3) is 0.750. The Hall–Kier alpha value is -1.29. The van der Waals surface area contributed by atoms with E-state index in [9.17, 15) is 4.79 Å². The molecule has 1 amide bonds. The maximum Gasteiger partial charge on any atom is 0.411 e. The first-order chi connectivity index (χ1) is 11.4. The highest BCUT2D eigenvalue weighted by Crippen LogP contribution is 2.31. The third-order valence-corrected chi connectivity index (χ3v) is 4.54. The largest absolute Gasteiger partial charge is 0.444 e. The van der Waals surface area contributed by atoms with Crippen LogP contribution in [0.15, 0.2) is 24.3 Å². The number of morpholine rings is 1. The molecule has 4 nitrogen and oxygen atoms in total. The summed E-state index contributed by atoms with van der Waals surface area (Å²) < 4.78 is 11.2. The van der Waals surface area contributed by atoms with Crippen LogP contribution in [0.4, 0.5) is 4.79 Å². The van der Waals surface area contributed by atoms with E-state index in [0.29, 0.717) is 13.2 Å². The molecule has 2 unspecified atom stereocenters. The number of amides is 1. The second-order valence-electron chi connectivity index (χ2n) is 7.92. The average Bonchev–Trinajstić information content (AvgIpc) is 2.48. The average molecular weight is 335 g/mol. The lowest BCUT2D eigenvalue weighted by Crippen LogP contribution is -2.57. The third-order valence-electron chi connectivity index (χ3n) is 4.54. The summed E-state index contributed by atoms with van der Waals surface area (Å²) in [6, 6.07) is 0.155. The second kappa shape index (κ2) is 8.70. The van der Waals surface area contributed by atoms with Crippen molar-refractivity contribution in [2.24, 2.45) is 0 Å². The topological polar surface area (TPSA) is 38.8 Å². The quantitative estimate of drug-likeness (QED) is 0.493. The first-order valence-electron chi connectivity index (χ1n) is 9.30. The van der Waals surface area contributed by atoms with Crippen molar-refractivity contribution in [2.75, 3.05) is 13.2 Å². The van der Waals surface area contributed by atoms with Gasteiger partial charge in [0.2, 0.25) is 0 Å². The minimum absolute atomic E-state index is 0.0307. The zero-order valence-corrected chi connectivity index (χ0v) is 15.6. The van der Waals surface area contributed by atoms with Gasteiger partial charge in [-0.25, -0.2) is 4.79 Å². The summed E-state index contributed by atoms with van der Waals surface area (Å²) in [7, 11) is 0. The molecule has 2 aliphatic heterocycles. The van der Waals surface area contributed by atoms with E-state index in [1.165, 1.54) is 31.3 Å². The van der Waals surface area contributed by atoms with Crippen molar-refractivity contribution in [1.82, 2.24) is 4.90 Å². The Morgan fingerprint density at radius 2 is 2.08 bits per heavy atom. The molecule has 2 atom stereocenters. The Bertz CT molecular complexity index is 464. The fourth-order valence-electron chi connectivity index (χ4n) is 3.46. The lowest BCUT2D eigenvalue weighted by Gasteiger charge is -2.44. The molecule has 2 bridgehead atoms. The zero-order valence-electron chi connectivity index (χ0n) is 15.6. The zero-order chi connectivity index (χ0) is 17.6. The number of fused-ring (bicyclic) bond motifs is 2. The Morgan fingerprint density at radius 3 is 2.75 bits per heavy atom. The summed E-state index contributed by atoms with van der Waals surface area (Å²) >= 11 is 0. The smallest absolute Gasteiger partial charge is 0.411 e. The van der Waals surface area contributed by atoms with E-state index in [-0.39, 0.29) is 18.2 Å². The number of allylic oxidation sites excluding steroid dienone is 1. The minimum Gasteiger partial charge on any atom is -0.444 e. The molecule has 0 aliphatic carbocycles. The van der Waals surface area contributed by atoms with Gasteiger partial charge in [-0.15, -0.1) is 6.58 Å². The van der Waals surface area contributed by atoms with Crippen LogP contribution in [0.1, 0.15) is 65.7 Å². The van der Waals surface area contributed by atoms with Crippen LogP contribution in [0.25, 0.3) is 0 Å². The maximum absolute atomic E-state index is 12.5. The first kappa shape index (κ1) is 19.0. The molecule has 0 spiro atoms. The lowest BCUT2D eigenvalue weighted by atomic mass is 9.91. The molecule has 1 fully saturated rings. The highest BCUT2D eigenvalue weighted by Gasteiger charge is 2.39. The van der Waals surface area contributed by atoms with E-state index in [1.54, 1.807) is 0 Å². The van der Waals surface area contributed by atoms with Gasteiger partial charge in [0.05, 0.1) is 25.3 Å². The van der Waals surface area contributed by atoms with Crippen LogP contribution in [0.3, 0.4) is 0 Å². The van der Waals surface area contributed by atoms with E-state index in [0.717, 1.165) is 19.3 Å². The van der Waals surface area contributed by atoms with Crippen LogP contribution >= 0.6 is 0 Å². The SMILES string of the molecule is C=CCCCCCCC1=CC2COCC(C1)N2C(=O)OC(C)(C)C. The number of carbonyl (C=O) groups is 1. The van der Waals surface area contributed by atoms with Gasteiger partial charge in [0.15, 0.2) is 0 Å². The van der Waals surface area contributed by atoms with Crippen LogP contribution in [0, 0.1) is 0 Å². The van der Waals surface area contributed by atoms with Crippen molar-refractivity contribution < 1.29 is 14.3 Å². The van der Waals surface area contributed by atoms with E-state index in [2.05, 4.69) is 12.7 Å². The van der Waals surface area contributed by atoms with E-state index < -0.39 is 5.60 Å². The molecular weight excluding hydrogens is 302 g/mol. The summed E-state index contributed by atoms with van der Waals surface area (Å²) in [6.07, 6.45) is 12.2. The maximum atomic E-state index is 12.5. The molecule has 0 saturated carbocycles. The summed E-state index contributed by atoms with van der Waals surface area (Å²) in [6.45, 7) is 10.7. The number of unbranched alkanes of at least 4 members (excludes halogenated alkanes) is 4. The number of carbonyl (C=O) groups excluding carboxylic acids is 1. The predicted octanol–water partition coefficient (Wildman–Crippen LogP) is 4.85. The van der Waals surface area contributed by atoms with Gasteiger partial charge >= 0.3 is 6.09 Å².